The van der Waals surface area contributed by atoms with Crippen LogP contribution in [0.25, 0.3) is 0 Å². The van der Waals surface area contributed by atoms with Gasteiger partial charge in [0.05, 0.1) is 18.6 Å². The van der Waals surface area contributed by atoms with Gasteiger partial charge >= 0.3 is 18.1 Å². The Morgan fingerprint density at radius 1 is 0.952 bits per heavy atom. The lowest BCUT2D eigenvalue weighted by Crippen LogP contribution is -2.30. The Morgan fingerprint density at radius 2 is 1.62 bits per heavy atom. The summed E-state index contributed by atoms with van der Waals surface area (Å²) in [5.74, 6) is -2.50. The van der Waals surface area contributed by atoms with Gasteiger partial charge in [-0.05, 0) is 36.8 Å². The summed E-state index contributed by atoms with van der Waals surface area (Å²) < 4.78 is 66.0. The van der Waals surface area contributed by atoms with Crippen molar-refractivity contribution in [1.29, 1.82) is 0 Å². The number of halogens is 3. The fourth-order valence-electron chi connectivity index (χ4n) is 3.87. The van der Waals surface area contributed by atoms with Gasteiger partial charge < -0.3 is 23.7 Å². The van der Waals surface area contributed by atoms with Gasteiger partial charge in [-0.15, -0.1) is 0 Å². The van der Waals surface area contributed by atoms with Crippen molar-refractivity contribution in [2.24, 2.45) is 5.92 Å². The van der Waals surface area contributed by atoms with Gasteiger partial charge in [-0.1, -0.05) is 37.3 Å². The van der Waals surface area contributed by atoms with E-state index in [0.717, 1.165) is 12.1 Å². The Labute approximate surface area is 240 Å². The van der Waals surface area contributed by atoms with Crippen LogP contribution in [-0.2, 0) is 25.2 Å². The number of hydrogen-bond acceptors (Lipinski definition) is 9. The predicted molar refractivity (Wildman–Crippen MR) is 143 cm³/mol. The second-order valence-electron chi connectivity index (χ2n) is 9.23. The largest absolute Gasteiger partial charge is 0.493 e. The molecule has 0 aliphatic heterocycles. The van der Waals surface area contributed by atoms with E-state index in [-0.39, 0.29) is 29.4 Å². The molecule has 3 rings (SSSR count). The maximum atomic E-state index is 13.1. The van der Waals surface area contributed by atoms with E-state index in [1.165, 1.54) is 45.4 Å². The molecular weight excluding hydrogens is 559 g/mol. The highest BCUT2D eigenvalue weighted by molar-refractivity contribution is 5.99. The summed E-state index contributed by atoms with van der Waals surface area (Å²) in [6, 6.07) is 14.4. The molecule has 0 spiro atoms. The fraction of sp³-hybridized carbons (Fsp3) is 0.333. The molecule has 0 fully saturated rings. The number of carbonyl (C=O) groups is 3. The molecule has 0 aliphatic carbocycles. The minimum Gasteiger partial charge on any atom is -0.493 e. The first-order valence-electron chi connectivity index (χ1n) is 12.8. The fourth-order valence-corrected chi connectivity index (χ4v) is 3.87. The highest BCUT2D eigenvalue weighted by Gasteiger charge is 2.32. The lowest BCUT2D eigenvalue weighted by atomic mass is 10.0. The minimum absolute atomic E-state index is 0.0470. The number of alkyl halides is 3. The molecule has 3 aromatic rings. The zero-order chi connectivity index (χ0) is 30.9. The van der Waals surface area contributed by atoms with Gasteiger partial charge in [0.2, 0.25) is 6.79 Å². The van der Waals surface area contributed by atoms with Crippen LogP contribution < -0.4 is 14.2 Å². The second kappa shape index (κ2) is 14.3. The molecule has 1 heterocycles. The molecule has 0 bridgehead atoms. The number of aromatic nitrogens is 1. The van der Waals surface area contributed by atoms with Crippen LogP contribution in [0.2, 0.25) is 0 Å². The second-order valence-corrected chi connectivity index (χ2v) is 9.23. The van der Waals surface area contributed by atoms with Crippen LogP contribution >= 0.6 is 0 Å². The SMILES string of the molecule is COc1ccnc(C(=O)C[C@@H](C)C(=O)O[C@@H](C)[C@H](Oc2ccc(C(F)(F)F)cc2)c2ccccc2)c1OCOC(C)=O. The number of Topliss-reactive ketones (excluding diaryl/α,β-unsaturated/α-hetero) is 1. The van der Waals surface area contributed by atoms with Crippen LogP contribution in [-0.4, -0.2) is 42.7 Å². The molecule has 3 atom stereocenters. The lowest BCUT2D eigenvalue weighted by Gasteiger charge is -2.27. The number of carbonyl (C=O) groups excluding carboxylic acids is 3. The molecule has 9 nitrogen and oxygen atoms in total. The quantitative estimate of drug-likeness (QED) is 0.135. The molecule has 0 saturated heterocycles. The van der Waals surface area contributed by atoms with Crippen molar-refractivity contribution in [2.75, 3.05) is 13.9 Å². The Morgan fingerprint density at radius 3 is 2.21 bits per heavy atom. The summed E-state index contributed by atoms with van der Waals surface area (Å²) in [5.41, 5.74) is -0.326. The first-order chi connectivity index (χ1) is 19.9. The van der Waals surface area contributed by atoms with Gasteiger partial charge in [0, 0.05) is 25.6 Å². The first-order valence-corrected chi connectivity index (χ1v) is 12.8. The van der Waals surface area contributed by atoms with E-state index in [4.69, 9.17) is 23.7 Å². The van der Waals surface area contributed by atoms with Crippen LogP contribution in [0.4, 0.5) is 13.2 Å². The van der Waals surface area contributed by atoms with Crippen molar-refractivity contribution < 1.29 is 51.2 Å². The number of ether oxygens (including phenoxy) is 5. The van der Waals surface area contributed by atoms with Crippen LogP contribution in [0, 0.1) is 5.92 Å². The Balaban J connectivity index is 1.72. The number of hydrogen-bond donors (Lipinski definition) is 0. The molecule has 42 heavy (non-hydrogen) atoms. The minimum atomic E-state index is -4.50. The van der Waals surface area contributed by atoms with Gasteiger partial charge in [0.15, 0.2) is 29.1 Å². The van der Waals surface area contributed by atoms with Gasteiger partial charge in [-0.25, -0.2) is 4.98 Å². The van der Waals surface area contributed by atoms with Crippen molar-refractivity contribution >= 4 is 17.7 Å². The molecule has 2 aromatic carbocycles. The molecule has 0 amide bonds. The standard InChI is InChI=1S/C30H30F3NO8/c1-18(16-24(36)26-28(40-17-39-20(3)35)25(38-4)14-15-34-26)29(37)41-19(2)27(21-8-6-5-7-9-21)42-23-12-10-22(11-13-23)30(31,32)33/h5-15,18-19,27H,16-17H2,1-4H3/t18-,19+,27+/m1/s1. The zero-order valence-electron chi connectivity index (χ0n) is 23.3. The Kier molecular flexibility index (Phi) is 10.9. The lowest BCUT2D eigenvalue weighted by molar-refractivity contribution is -0.157. The van der Waals surface area contributed by atoms with Crippen LogP contribution in [0.15, 0.2) is 66.9 Å². The molecule has 224 valence electrons. The third-order valence-corrected chi connectivity index (χ3v) is 6.01. The average molecular weight is 590 g/mol. The molecule has 0 aliphatic rings. The van der Waals surface area contributed by atoms with Crippen molar-refractivity contribution in [3.05, 3.63) is 83.7 Å². The molecule has 0 N–H and O–H groups in total. The molecule has 1 aromatic heterocycles. The molecule has 0 radical (unpaired) electrons. The summed E-state index contributed by atoms with van der Waals surface area (Å²) in [4.78, 5) is 41.3. The number of methoxy groups -OCH3 is 1. The summed E-state index contributed by atoms with van der Waals surface area (Å²) >= 11 is 0. The maximum Gasteiger partial charge on any atom is 0.416 e. The third-order valence-electron chi connectivity index (χ3n) is 6.01. The Bertz CT molecular complexity index is 1360. The van der Waals surface area contributed by atoms with E-state index in [1.807, 2.05) is 0 Å². The van der Waals surface area contributed by atoms with Crippen LogP contribution in [0.3, 0.4) is 0 Å². The highest BCUT2D eigenvalue weighted by Crippen LogP contribution is 2.33. The summed E-state index contributed by atoms with van der Waals surface area (Å²) in [7, 11) is 1.36. The van der Waals surface area contributed by atoms with E-state index >= 15 is 0 Å². The monoisotopic (exact) mass is 589 g/mol. The van der Waals surface area contributed by atoms with Crippen molar-refractivity contribution in [3.63, 3.8) is 0 Å². The zero-order valence-corrected chi connectivity index (χ0v) is 23.3. The van der Waals surface area contributed by atoms with Gasteiger partial charge in [-0.2, -0.15) is 13.2 Å². The van der Waals surface area contributed by atoms with E-state index in [1.54, 1.807) is 37.3 Å². The molecule has 0 unspecified atom stereocenters. The van der Waals surface area contributed by atoms with Gasteiger partial charge in [-0.3, -0.25) is 14.4 Å². The first kappa shape index (κ1) is 31.9. The number of pyridine rings is 1. The molecular formula is C30H30F3NO8. The third kappa shape index (κ3) is 8.69. The normalized spacial score (nSPS) is 13.3. The smallest absolute Gasteiger partial charge is 0.416 e. The average Bonchev–Trinajstić information content (AvgIpc) is 2.95. The van der Waals surface area contributed by atoms with Crippen molar-refractivity contribution in [3.8, 4) is 17.2 Å². The highest BCUT2D eigenvalue weighted by atomic mass is 19.4. The van der Waals surface area contributed by atoms with E-state index in [0.29, 0.717) is 5.56 Å². The maximum absolute atomic E-state index is 13.1. The summed E-state index contributed by atoms with van der Waals surface area (Å²) in [6.07, 6.45) is -5.22. The van der Waals surface area contributed by atoms with Gasteiger partial charge in [0.1, 0.15) is 11.9 Å². The Hall–Kier alpha value is -4.61. The summed E-state index contributed by atoms with van der Waals surface area (Å²) in [5, 5.41) is 0. The predicted octanol–water partition coefficient (Wildman–Crippen LogP) is 5.97. The number of nitrogens with zero attached hydrogens (tertiary/aromatic N) is 1. The number of rotatable bonds is 13. The number of benzene rings is 2. The summed E-state index contributed by atoms with van der Waals surface area (Å²) in [6.45, 7) is 3.80. The van der Waals surface area contributed by atoms with Crippen LogP contribution in [0.5, 0.6) is 17.2 Å². The number of esters is 2. The van der Waals surface area contributed by atoms with E-state index in [2.05, 4.69) is 4.98 Å². The van der Waals surface area contributed by atoms with Crippen molar-refractivity contribution in [2.45, 2.75) is 45.6 Å². The van der Waals surface area contributed by atoms with E-state index < -0.39 is 54.4 Å². The van der Waals surface area contributed by atoms with Gasteiger partial charge in [0.25, 0.3) is 0 Å². The van der Waals surface area contributed by atoms with Crippen molar-refractivity contribution in [1.82, 2.24) is 4.98 Å². The van der Waals surface area contributed by atoms with Crippen LogP contribution in [0.1, 0.15) is 54.9 Å². The molecule has 0 saturated carbocycles. The number of ketones is 1. The molecule has 12 heteroatoms. The topological polar surface area (TPSA) is 110 Å². The van der Waals surface area contributed by atoms with E-state index in [9.17, 15) is 27.6 Å².